The van der Waals surface area contributed by atoms with Crippen LogP contribution in [0.25, 0.3) is 0 Å². The van der Waals surface area contributed by atoms with Crippen molar-refractivity contribution in [2.24, 2.45) is 11.8 Å². The quantitative estimate of drug-likeness (QED) is 0.684. The lowest BCUT2D eigenvalue weighted by atomic mass is 9.92. The SMILES string of the molecule is CC(=O)N1CCC2CN(C(=O)OC(C)(C)C)C[C@H]2CC1. The van der Waals surface area contributed by atoms with Gasteiger partial charge in [0.15, 0.2) is 0 Å². The van der Waals surface area contributed by atoms with Crippen molar-refractivity contribution in [1.29, 1.82) is 0 Å². The van der Waals surface area contributed by atoms with Crippen LogP contribution in [0.5, 0.6) is 0 Å². The average Bonchev–Trinajstić information content (AvgIpc) is 2.60. The average molecular weight is 282 g/mol. The van der Waals surface area contributed by atoms with Gasteiger partial charge in [0.25, 0.3) is 0 Å². The number of amides is 2. The second kappa shape index (κ2) is 5.62. The largest absolute Gasteiger partial charge is 0.444 e. The number of carbonyl (C=O) groups is 2. The van der Waals surface area contributed by atoms with E-state index in [2.05, 4.69) is 0 Å². The van der Waals surface area contributed by atoms with Crippen molar-refractivity contribution >= 4 is 12.0 Å². The number of likely N-dealkylation sites (tertiary alicyclic amines) is 2. The summed E-state index contributed by atoms with van der Waals surface area (Å²) in [5.41, 5.74) is -0.437. The first-order chi connectivity index (χ1) is 9.26. The Morgan fingerprint density at radius 3 is 1.90 bits per heavy atom. The van der Waals surface area contributed by atoms with Gasteiger partial charge in [-0.2, -0.15) is 0 Å². The van der Waals surface area contributed by atoms with E-state index >= 15 is 0 Å². The van der Waals surface area contributed by atoms with Crippen LogP contribution in [0.15, 0.2) is 0 Å². The third-order valence-electron chi connectivity index (χ3n) is 4.21. The molecule has 20 heavy (non-hydrogen) atoms. The van der Waals surface area contributed by atoms with E-state index in [1.807, 2.05) is 30.6 Å². The van der Waals surface area contributed by atoms with E-state index in [4.69, 9.17) is 4.74 Å². The summed E-state index contributed by atoms with van der Waals surface area (Å²) in [5.74, 6) is 1.17. The molecule has 5 nitrogen and oxygen atoms in total. The molecule has 0 aliphatic carbocycles. The molecule has 2 heterocycles. The maximum Gasteiger partial charge on any atom is 0.410 e. The lowest BCUT2D eigenvalue weighted by Crippen LogP contribution is -2.36. The number of ether oxygens (including phenoxy) is 1. The molecule has 5 heteroatoms. The molecule has 2 aliphatic rings. The molecule has 0 N–H and O–H groups in total. The molecule has 2 amide bonds. The van der Waals surface area contributed by atoms with Crippen LogP contribution in [0, 0.1) is 11.8 Å². The zero-order chi connectivity index (χ0) is 14.9. The highest BCUT2D eigenvalue weighted by Gasteiger charge is 2.38. The predicted octanol–water partition coefficient (Wildman–Crippen LogP) is 2.11. The van der Waals surface area contributed by atoms with Crippen LogP contribution in [0.3, 0.4) is 0 Å². The van der Waals surface area contributed by atoms with Crippen molar-refractivity contribution in [3.05, 3.63) is 0 Å². The van der Waals surface area contributed by atoms with Crippen LogP contribution in [0.1, 0.15) is 40.5 Å². The number of hydrogen-bond donors (Lipinski definition) is 0. The van der Waals surface area contributed by atoms with E-state index in [9.17, 15) is 9.59 Å². The van der Waals surface area contributed by atoms with E-state index in [1.165, 1.54) is 0 Å². The van der Waals surface area contributed by atoms with Crippen molar-refractivity contribution < 1.29 is 14.3 Å². The van der Waals surface area contributed by atoms with Crippen molar-refractivity contribution in [1.82, 2.24) is 9.80 Å². The van der Waals surface area contributed by atoms with E-state index in [0.29, 0.717) is 11.8 Å². The third kappa shape index (κ3) is 3.64. The van der Waals surface area contributed by atoms with Gasteiger partial charge in [-0.1, -0.05) is 0 Å². The Kier molecular flexibility index (Phi) is 4.25. The highest BCUT2D eigenvalue weighted by molar-refractivity contribution is 5.73. The first-order valence-electron chi connectivity index (χ1n) is 7.49. The summed E-state index contributed by atoms with van der Waals surface area (Å²) < 4.78 is 5.44. The third-order valence-corrected chi connectivity index (χ3v) is 4.21. The van der Waals surface area contributed by atoms with Gasteiger partial charge in [-0.3, -0.25) is 4.79 Å². The molecule has 0 radical (unpaired) electrons. The zero-order valence-corrected chi connectivity index (χ0v) is 13.0. The predicted molar refractivity (Wildman–Crippen MR) is 76.3 cm³/mol. The second-order valence-corrected chi connectivity index (χ2v) is 6.99. The molecule has 0 bridgehead atoms. The molecule has 2 atom stereocenters. The van der Waals surface area contributed by atoms with Crippen molar-refractivity contribution in [2.45, 2.75) is 46.1 Å². The number of rotatable bonds is 0. The Morgan fingerprint density at radius 2 is 1.50 bits per heavy atom. The van der Waals surface area contributed by atoms with Crippen LogP contribution in [-0.2, 0) is 9.53 Å². The highest BCUT2D eigenvalue weighted by atomic mass is 16.6. The van der Waals surface area contributed by atoms with Gasteiger partial charge in [0.2, 0.25) is 5.91 Å². The Labute approximate surface area is 121 Å². The summed E-state index contributed by atoms with van der Waals surface area (Å²) in [7, 11) is 0. The van der Waals surface area contributed by atoms with Crippen molar-refractivity contribution in [2.75, 3.05) is 26.2 Å². The van der Waals surface area contributed by atoms with Crippen LogP contribution in [0.2, 0.25) is 0 Å². The van der Waals surface area contributed by atoms with Gasteiger partial charge >= 0.3 is 6.09 Å². The summed E-state index contributed by atoms with van der Waals surface area (Å²) in [5, 5.41) is 0. The molecule has 0 spiro atoms. The topological polar surface area (TPSA) is 49.9 Å². The monoisotopic (exact) mass is 282 g/mol. The molecule has 1 unspecified atom stereocenters. The standard InChI is InChI=1S/C15H26N2O3/c1-11(18)16-7-5-12-9-17(10-13(12)6-8-16)14(19)20-15(2,3)4/h12-13H,5-10H2,1-4H3/t12-,13?/m1/s1. The lowest BCUT2D eigenvalue weighted by molar-refractivity contribution is -0.128. The maximum atomic E-state index is 12.1. The zero-order valence-electron chi connectivity index (χ0n) is 13.0. The summed E-state index contributed by atoms with van der Waals surface area (Å²) in [6.45, 7) is 10.5. The molecular weight excluding hydrogens is 256 g/mol. The summed E-state index contributed by atoms with van der Waals surface area (Å²) >= 11 is 0. The fraction of sp³-hybridized carbons (Fsp3) is 0.867. The molecular formula is C15H26N2O3. The molecule has 114 valence electrons. The maximum absolute atomic E-state index is 12.1. The Bertz CT molecular complexity index is 373. The minimum absolute atomic E-state index is 0.161. The van der Waals surface area contributed by atoms with E-state index in [1.54, 1.807) is 6.92 Å². The number of fused-ring (bicyclic) bond motifs is 1. The minimum atomic E-state index is -0.437. The van der Waals surface area contributed by atoms with Gasteiger partial charge in [-0.25, -0.2) is 4.79 Å². The van der Waals surface area contributed by atoms with Crippen LogP contribution in [0.4, 0.5) is 4.79 Å². The van der Waals surface area contributed by atoms with Gasteiger partial charge < -0.3 is 14.5 Å². The van der Waals surface area contributed by atoms with Crippen LogP contribution >= 0.6 is 0 Å². The van der Waals surface area contributed by atoms with Crippen LogP contribution in [-0.4, -0.2) is 53.6 Å². The number of carbonyl (C=O) groups excluding carboxylic acids is 2. The highest BCUT2D eigenvalue weighted by Crippen LogP contribution is 2.32. The van der Waals surface area contributed by atoms with Gasteiger partial charge in [0.1, 0.15) is 5.60 Å². The lowest BCUT2D eigenvalue weighted by Gasteiger charge is -2.25. The Hall–Kier alpha value is -1.26. The van der Waals surface area contributed by atoms with Gasteiger partial charge in [0.05, 0.1) is 0 Å². The summed E-state index contributed by atoms with van der Waals surface area (Å²) in [4.78, 5) is 27.3. The molecule has 0 aromatic carbocycles. The van der Waals surface area contributed by atoms with E-state index in [-0.39, 0.29) is 12.0 Å². The summed E-state index contributed by atoms with van der Waals surface area (Å²) in [6.07, 6.45) is 1.78. The van der Waals surface area contributed by atoms with Gasteiger partial charge in [0, 0.05) is 33.1 Å². The molecule has 2 fully saturated rings. The van der Waals surface area contributed by atoms with Crippen molar-refractivity contribution in [3.8, 4) is 0 Å². The summed E-state index contributed by atoms with van der Waals surface area (Å²) in [6, 6.07) is 0. The Morgan fingerprint density at radius 1 is 1.00 bits per heavy atom. The van der Waals surface area contributed by atoms with Crippen LogP contribution < -0.4 is 0 Å². The first-order valence-corrected chi connectivity index (χ1v) is 7.49. The molecule has 0 aromatic heterocycles. The molecule has 2 saturated heterocycles. The smallest absolute Gasteiger partial charge is 0.410 e. The molecule has 0 aromatic rings. The van der Waals surface area contributed by atoms with Crippen molar-refractivity contribution in [3.63, 3.8) is 0 Å². The molecule has 2 rings (SSSR count). The fourth-order valence-electron chi connectivity index (χ4n) is 3.14. The van der Waals surface area contributed by atoms with Gasteiger partial charge in [-0.15, -0.1) is 0 Å². The Balaban J connectivity index is 1.91. The number of nitrogens with zero attached hydrogens (tertiary/aromatic N) is 2. The second-order valence-electron chi connectivity index (χ2n) is 6.99. The first kappa shape index (κ1) is 15.1. The normalized spacial score (nSPS) is 27.0. The number of hydrogen-bond acceptors (Lipinski definition) is 3. The molecule has 0 saturated carbocycles. The fourth-order valence-corrected chi connectivity index (χ4v) is 3.14. The minimum Gasteiger partial charge on any atom is -0.444 e. The molecule has 2 aliphatic heterocycles. The van der Waals surface area contributed by atoms with Gasteiger partial charge in [-0.05, 0) is 45.4 Å². The van der Waals surface area contributed by atoms with E-state index < -0.39 is 5.60 Å². The van der Waals surface area contributed by atoms with E-state index in [0.717, 1.165) is 39.0 Å².